The van der Waals surface area contributed by atoms with Crippen LogP contribution in [-0.4, -0.2) is 18.6 Å². The number of nitrogens with two attached hydrogens (primary N) is 2. The molecular weight excluding hydrogens is 252 g/mol. The van der Waals surface area contributed by atoms with E-state index in [2.05, 4.69) is 12.1 Å². The Balaban J connectivity index is 1.91. The number of hydrogen-bond donors (Lipinski definition) is 2. The highest BCUT2D eigenvalue weighted by Gasteiger charge is 2.08. The first kappa shape index (κ1) is 14.1. The van der Waals surface area contributed by atoms with Crippen molar-refractivity contribution < 1.29 is 9.53 Å². The molecule has 4 N–H and O–H groups in total. The normalized spacial score (nSPS) is 11.8. The number of carbonyl (C=O) groups excluding carboxylic acids is 1. The fraction of sp³-hybridized carbons (Fsp3) is 0.188. The fourth-order valence-corrected chi connectivity index (χ4v) is 1.82. The molecule has 0 saturated heterocycles. The van der Waals surface area contributed by atoms with Gasteiger partial charge in [-0.15, -0.1) is 0 Å². The first-order chi connectivity index (χ1) is 9.66. The molecule has 0 bridgehead atoms. The predicted octanol–water partition coefficient (Wildman–Crippen LogP) is 1.94. The molecule has 1 amide bonds. The van der Waals surface area contributed by atoms with Crippen LogP contribution in [0.2, 0.25) is 0 Å². The number of ether oxygens (including phenoxy) is 1. The van der Waals surface area contributed by atoms with E-state index in [1.807, 2.05) is 42.5 Å². The summed E-state index contributed by atoms with van der Waals surface area (Å²) in [6, 6.07) is 17.3. The molecule has 1 unspecified atom stereocenters. The second-order valence-electron chi connectivity index (χ2n) is 4.54. The maximum atomic E-state index is 10.8. The van der Waals surface area contributed by atoms with Gasteiger partial charge in [0, 0.05) is 6.42 Å². The average molecular weight is 270 g/mol. The molecule has 4 nitrogen and oxygen atoms in total. The van der Waals surface area contributed by atoms with Gasteiger partial charge in [0.2, 0.25) is 5.91 Å². The molecule has 0 aromatic heterocycles. The summed E-state index contributed by atoms with van der Waals surface area (Å²) in [5, 5.41) is 0. The topological polar surface area (TPSA) is 78.3 Å². The van der Waals surface area contributed by atoms with Gasteiger partial charge in [0.15, 0.2) is 0 Å². The Bertz CT molecular complexity index is 552. The maximum absolute atomic E-state index is 10.8. The molecule has 0 heterocycles. The van der Waals surface area contributed by atoms with Crippen molar-refractivity contribution in [1.29, 1.82) is 0 Å². The lowest BCUT2D eigenvalue weighted by Gasteiger charge is -2.10. The lowest BCUT2D eigenvalue weighted by Crippen LogP contribution is -2.37. The van der Waals surface area contributed by atoms with Crippen LogP contribution in [-0.2, 0) is 4.79 Å². The summed E-state index contributed by atoms with van der Waals surface area (Å²) in [6.07, 6.45) is 0.412. The SMILES string of the molecule is NC(=O)C(N)CCOc1ccc(-c2ccccc2)cc1. The van der Waals surface area contributed by atoms with E-state index < -0.39 is 11.9 Å². The van der Waals surface area contributed by atoms with Gasteiger partial charge in [-0.25, -0.2) is 0 Å². The molecule has 0 saturated carbocycles. The summed E-state index contributed by atoms with van der Waals surface area (Å²) >= 11 is 0. The molecule has 4 heteroatoms. The van der Waals surface area contributed by atoms with Crippen molar-refractivity contribution in [2.24, 2.45) is 11.5 Å². The monoisotopic (exact) mass is 270 g/mol. The predicted molar refractivity (Wildman–Crippen MR) is 79.2 cm³/mol. The van der Waals surface area contributed by atoms with Crippen molar-refractivity contribution in [3.63, 3.8) is 0 Å². The van der Waals surface area contributed by atoms with E-state index in [0.717, 1.165) is 16.9 Å². The van der Waals surface area contributed by atoms with Gasteiger partial charge in [0.25, 0.3) is 0 Å². The van der Waals surface area contributed by atoms with Crippen LogP contribution >= 0.6 is 0 Å². The second kappa shape index (κ2) is 6.73. The fourth-order valence-electron chi connectivity index (χ4n) is 1.82. The maximum Gasteiger partial charge on any atom is 0.234 e. The number of primary amides is 1. The van der Waals surface area contributed by atoms with E-state index in [9.17, 15) is 4.79 Å². The molecule has 1 atom stereocenters. The zero-order valence-electron chi connectivity index (χ0n) is 11.2. The van der Waals surface area contributed by atoms with Crippen LogP contribution in [0, 0.1) is 0 Å². The van der Waals surface area contributed by atoms with E-state index in [1.165, 1.54) is 0 Å². The van der Waals surface area contributed by atoms with Crippen molar-refractivity contribution in [1.82, 2.24) is 0 Å². The Kier molecular flexibility index (Phi) is 4.74. The summed E-state index contributed by atoms with van der Waals surface area (Å²) in [6.45, 7) is 0.370. The summed E-state index contributed by atoms with van der Waals surface area (Å²) in [7, 11) is 0. The molecule has 0 spiro atoms. The van der Waals surface area contributed by atoms with Gasteiger partial charge in [-0.2, -0.15) is 0 Å². The summed E-state index contributed by atoms with van der Waals surface area (Å²) in [5.41, 5.74) is 12.9. The Morgan fingerprint density at radius 1 is 1.00 bits per heavy atom. The Labute approximate surface area is 118 Å². The van der Waals surface area contributed by atoms with Crippen LogP contribution in [0.25, 0.3) is 11.1 Å². The number of rotatable bonds is 6. The summed E-state index contributed by atoms with van der Waals surface area (Å²) in [4.78, 5) is 10.8. The van der Waals surface area contributed by atoms with Crippen molar-refractivity contribution >= 4 is 5.91 Å². The van der Waals surface area contributed by atoms with Crippen LogP contribution in [0.3, 0.4) is 0 Å². The minimum absolute atomic E-state index is 0.370. The molecule has 0 fully saturated rings. The number of carbonyl (C=O) groups is 1. The molecule has 2 aromatic rings. The Morgan fingerprint density at radius 3 is 2.20 bits per heavy atom. The molecule has 104 valence electrons. The third-order valence-electron chi connectivity index (χ3n) is 3.02. The lowest BCUT2D eigenvalue weighted by molar-refractivity contribution is -0.119. The van der Waals surface area contributed by atoms with Crippen LogP contribution in [0.5, 0.6) is 5.75 Å². The third-order valence-corrected chi connectivity index (χ3v) is 3.02. The average Bonchev–Trinajstić information content (AvgIpc) is 2.48. The molecule has 2 rings (SSSR count). The van der Waals surface area contributed by atoms with Crippen molar-refractivity contribution in [2.45, 2.75) is 12.5 Å². The highest BCUT2D eigenvalue weighted by molar-refractivity contribution is 5.79. The number of hydrogen-bond acceptors (Lipinski definition) is 3. The lowest BCUT2D eigenvalue weighted by atomic mass is 10.1. The number of benzene rings is 2. The molecule has 2 aromatic carbocycles. The van der Waals surface area contributed by atoms with E-state index in [0.29, 0.717) is 13.0 Å². The smallest absolute Gasteiger partial charge is 0.234 e. The van der Waals surface area contributed by atoms with E-state index in [1.54, 1.807) is 0 Å². The van der Waals surface area contributed by atoms with Crippen LogP contribution in [0.4, 0.5) is 0 Å². The second-order valence-corrected chi connectivity index (χ2v) is 4.54. The summed E-state index contributed by atoms with van der Waals surface area (Å²) in [5.74, 6) is 0.245. The molecule has 0 aliphatic rings. The molecule has 0 radical (unpaired) electrons. The van der Waals surface area contributed by atoms with E-state index in [-0.39, 0.29) is 0 Å². The third kappa shape index (κ3) is 3.83. The standard InChI is InChI=1S/C16H18N2O2/c17-15(16(18)19)10-11-20-14-8-6-13(7-9-14)12-4-2-1-3-5-12/h1-9,15H,10-11,17H2,(H2,18,19). The molecular formula is C16H18N2O2. The highest BCUT2D eigenvalue weighted by atomic mass is 16.5. The van der Waals surface area contributed by atoms with Gasteiger partial charge >= 0.3 is 0 Å². The van der Waals surface area contributed by atoms with Crippen molar-refractivity contribution in [2.75, 3.05) is 6.61 Å². The molecule has 0 aliphatic carbocycles. The quantitative estimate of drug-likeness (QED) is 0.842. The first-order valence-electron chi connectivity index (χ1n) is 6.50. The summed E-state index contributed by atoms with van der Waals surface area (Å²) < 4.78 is 5.53. The van der Waals surface area contributed by atoms with E-state index in [4.69, 9.17) is 16.2 Å². The largest absolute Gasteiger partial charge is 0.494 e. The Morgan fingerprint density at radius 2 is 1.60 bits per heavy atom. The van der Waals surface area contributed by atoms with Crippen LogP contribution < -0.4 is 16.2 Å². The zero-order valence-corrected chi connectivity index (χ0v) is 11.2. The van der Waals surface area contributed by atoms with Gasteiger partial charge in [-0.3, -0.25) is 4.79 Å². The van der Waals surface area contributed by atoms with E-state index >= 15 is 0 Å². The van der Waals surface area contributed by atoms with Crippen molar-refractivity contribution in [3.8, 4) is 16.9 Å². The minimum Gasteiger partial charge on any atom is -0.494 e. The zero-order chi connectivity index (χ0) is 14.4. The minimum atomic E-state index is -0.654. The van der Waals surface area contributed by atoms with Crippen LogP contribution in [0.15, 0.2) is 54.6 Å². The van der Waals surface area contributed by atoms with Gasteiger partial charge in [0.1, 0.15) is 5.75 Å². The van der Waals surface area contributed by atoms with Gasteiger partial charge < -0.3 is 16.2 Å². The molecule has 20 heavy (non-hydrogen) atoms. The molecule has 0 aliphatic heterocycles. The van der Waals surface area contributed by atoms with Gasteiger partial charge in [0.05, 0.1) is 12.6 Å². The first-order valence-corrected chi connectivity index (χ1v) is 6.50. The Hall–Kier alpha value is -2.33. The highest BCUT2D eigenvalue weighted by Crippen LogP contribution is 2.22. The van der Waals surface area contributed by atoms with Gasteiger partial charge in [-0.05, 0) is 23.3 Å². The number of amides is 1. The van der Waals surface area contributed by atoms with Gasteiger partial charge in [-0.1, -0.05) is 42.5 Å². The van der Waals surface area contributed by atoms with Crippen molar-refractivity contribution in [3.05, 3.63) is 54.6 Å². The van der Waals surface area contributed by atoms with Crippen LogP contribution in [0.1, 0.15) is 6.42 Å².